The van der Waals surface area contributed by atoms with Gasteiger partial charge in [0.25, 0.3) is 0 Å². The van der Waals surface area contributed by atoms with Gasteiger partial charge in [-0.05, 0) is 68.1 Å². The van der Waals surface area contributed by atoms with Crippen molar-refractivity contribution in [1.29, 1.82) is 0 Å². The lowest BCUT2D eigenvalue weighted by Gasteiger charge is -2.25. The molecular formula is C31H43N5O6S2. The first-order chi connectivity index (χ1) is 21.3. The maximum absolute atomic E-state index is 13.8. The summed E-state index contributed by atoms with van der Waals surface area (Å²) >= 11 is 0. The fourth-order valence-corrected chi connectivity index (χ4v) is 9.28. The molecule has 0 spiro atoms. The Labute approximate surface area is 260 Å². The topological polar surface area (TPSA) is 151 Å². The van der Waals surface area contributed by atoms with Crippen molar-refractivity contribution in [2.24, 2.45) is 10.9 Å². The first kappa shape index (κ1) is 32.7. The molecule has 0 unspecified atom stereocenters. The second kappa shape index (κ2) is 14.6. The van der Waals surface area contributed by atoms with E-state index in [2.05, 4.69) is 10.7 Å². The summed E-state index contributed by atoms with van der Waals surface area (Å²) in [5.41, 5.74) is 9.07. The molecule has 3 aromatic carbocycles. The Kier molecular flexibility index (Phi) is 10.9. The van der Waals surface area contributed by atoms with Crippen LogP contribution in [0.2, 0.25) is 0 Å². The monoisotopic (exact) mass is 645 g/mol. The van der Waals surface area contributed by atoms with E-state index in [1.54, 1.807) is 24.3 Å². The summed E-state index contributed by atoms with van der Waals surface area (Å²) in [6.45, 7) is 2.52. The van der Waals surface area contributed by atoms with Crippen molar-refractivity contribution in [2.45, 2.75) is 80.4 Å². The summed E-state index contributed by atoms with van der Waals surface area (Å²) in [5.74, 6) is 0. The van der Waals surface area contributed by atoms with Gasteiger partial charge in [0.15, 0.2) is 0 Å². The molecule has 240 valence electrons. The molecule has 2 heterocycles. The summed E-state index contributed by atoms with van der Waals surface area (Å²) in [5, 5.41) is 5.01. The van der Waals surface area contributed by atoms with Crippen molar-refractivity contribution < 1.29 is 21.7 Å². The number of nitroso groups, excluding NO2 is 1. The molecule has 0 radical (unpaired) electrons. The minimum Gasteiger partial charge on any atom is -0.330 e. The highest BCUT2D eigenvalue weighted by Crippen LogP contribution is 2.43. The van der Waals surface area contributed by atoms with Gasteiger partial charge in [0.1, 0.15) is 5.69 Å². The van der Waals surface area contributed by atoms with Crippen LogP contribution in [-0.2, 0) is 24.9 Å². The molecule has 0 amide bonds. The zero-order chi connectivity index (χ0) is 31.2. The van der Waals surface area contributed by atoms with Crippen LogP contribution in [0.25, 0.3) is 21.5 Å². The first-order valence-corrected chi connectivity index (χ1v) is 18.6. The number of anilines is 1. The predicted molar refractivity (Wildman–Crippen MR) is 174 cm³/mol. The van der Waals surface area contributed by atoms with Crippen molar-refractivity contribution >= 4 is 53.0 Å². The molecule has 0 bridgehead atoms. The molecule has 0 aromatic heterocycles. The average Bonchev–Trinajstić information content (AvgIpc) is 2.97. The van der Waals surface area contributed by atoms with E-state index in [-0.39, 0.29) is 15.5 Å². The smallest absolute Gasteiger partial charge is 0.243 e. The van der Waals surface area contributed by atoms with Gasteiger partial charge in [-0.15, -0.1) is 4.91 Å². The minimum absolute atomic E-state index is 0.0167. The van der Waals surface area contributed by atoms with Crippen molar-refractivity contribution in [1.82, 2.24) is 8.61 Å². The summed E-state index contributed by atoms with van der Waals surface area (Å²) in [6, 6.07) is 9.35. The summed E-state index contributed by atoms with van der Waals surface area (Å²) in [7, 11) is -7.68. The molecule has 13 heteroatoms. The number of sulfonamides is 2. The molecule has 2 aliphatic heterocycles. The van der Waals surface area contributed by atoms with Crippen molar-refractivity contribution in [2.75, 3.05) is 44.8 Å². The second-order valence-electron chi connectivity index (χ2n) is 11.7. The van der Waals surface area contributed by atoms with Crippen LogP contribution in [0.3, 0.4) is 0 Å². The minimum atomic E-state index is -3.84. The number of hydrogen-bond acceptors (Lipinski definition) is 9. The lowest BCUT2D eigenvalue weighted by molar-refractivity contribution is 0.193. The normalized spacial score (nSPS) is 18.4. The molecule has 5 rings (SSSR count). The molecule has 0 saturated carbocycles. The Bertz CT molecular complexity index is 1570. The van der Waals surface area contributed by atoms with Crippen LogP contribution in [0.15, 0.2) is 51.4 Å². The number of hydrogen-bond donors (Lipinski definition) is 2. The van der Waals surface area contributed by atoms with Gasteiger partial charge in [0.2, 0.25) is 20.0 Å². The average molecular weight is 646 g/mol. The van der Waals surface area contributed by atoms with Gasteiger partial charge >= 0.3 is 0 Å². The van der Waals surface area contributed by atoms with Gasteiger partial charge in [-0.3, -0.25) is 10.3 Å². The molecule has 2 fully saturated rings. The lowest BCUT2D eigenvalue weighted by Crippen LogP contribution is -2.33. The van der Waals surface area contributed by atoms with Crippen LogP contribution in [-0.4, -0.2) is 64.8 Å². The van der Waals surface area contributed by atoms with Gasteiger partial charge in [0, 0.05) is 47.7 Å². The van der Waals surface area contributed by atoms with Crippen LogP contribution >= 0.6 is 0 Å². The number of nitrogens with zero attached hydrogens (tertiary/aromatic N) is 3. The lowest BCUT2D eigenvalue weighted by atomic mass is 9.99. The summed E-state index contributed by atoms with van der Waals surface area (Å²) < 4.78 is 58.2. The Hall–Kier alpha value is -2.68. The molecule has 44 heavy (non-hydrogen) atoms. The Balaban J connectivity index is 1.66. The third kappa shape index (κ3) is 6.92. The summed E-state index contributed by atoms with van der Waals surface area (Å²) in [6.07, 6.45) is 9.91. The van der Waals surface area contributed by atoms with Crippen LogP contribution in [0.1, 0.15) is 70.6 Å². The van der Waals surface area contributed by atoms with E-state index in [0.717, 1.165) is 64.2 Å². The summed E-state index contributed by atoms with van der Waals surface area (Å²) in [4.78, 5) is 18.3. The van der Waals surface area contributed by atoms with Crippen molar-refractivity contribution in [3.63, 3.8) is 0 Å². The molecule has 11 nitrogen and oxygen atoms in total. The second-order valence-corrected chi connectivity index (χ2v) is 15.5. The molecule has 3 aromatic rings. The van der Waals surface area contributed by atoms with E-state index in [0.29, 0.717) is 73.0 Å². The molecule has 3 N–H and O–H groups in total. The van der Waals surface area contributed by atoms with Crippen molar-refractivity contribution in [3.8, 4) is 0 Å². The van der Waals surface area contributed by atoms with Crippen LogP contribution in [0.5, 0.6) is 0 Å². The van der Waals surface area contributed by atoms with E-state index < -0.39 is 20.0 Å². The number of nitrogens with two attached hydrogens (primary N) is 1. The van der Waals surface area contributed by atoms with Gasteiger partial charge in [-0.2, -0.15) is 8.61 Å². The number of rotatable bonds is 10. The zero-order valence-corrected chi connectivity index (χ0v) is 26.8. The van der Waals surface area contributed by atoms with Gasteiger partial charge in [0.05, 0.1) is 22.1 Å². The van der Waals surface area contributed by atoms with Crippen LogP contribution in [0, 0.1) is 4.91 Å². The van der Waals surface area contributed by atoms with E-state index in [4.69, 9.17) is 10.6 Å². The molecule has 2 aliphatic rings. The number of fused-ring (bicyclic) bond motifs is 2. The van der Waals surface area contributed by atoms with E-state index >= 15 is 0 Å². The number of nitrogens with one attached hydrogen (secondary N) is 1. The molecular weight excluding hydrogens is 603 g/mol. The van der Waals surface area contributed by atoms with Crippen LogP contribution < -0.4 is 11.2 Å². The third-order valence-corrected chi connectivity index (χ3v) is 12.4. The van der Waals surface area contributed by atoms with E-state index in [1.165, 1.54) is 20.7 Å². The fourth-order valence-electron chi connectivity index (χ4n) is 6.19. The van der Waals surface area contributed by atoms with Gasteiger partial charge in [-0.25, -0.2) is 16.8 Å². The van der Waals surface area contributed by atoms with E-state index in [9.17, 15) is 21.7 Å². The fraction of sp³-hybridized carbons (Fsp3) is 0.548. The third-order valence-electron chi connectivity index (χ3n) is 8.65. The molecule has 0 atom stereocenters. The largest absolute Gasteiger partial charge is 0.330 e. The standard InChI is InChI=1S/C31H43N5O6S2/c32-16-11-21-42-34-31-26-14-12-24(43(38,39)35-17-7-3-1-4-8-18-35)22-28(26)30(33-37)29-23-25(13-15-27(29)31)44(40,41)36-19-9-5-2-6-10-20-36/h12-15,22-23,34H,1-11,16-21,32H2. The maximum Gasteiger partial charge on any atom is 0.243 e. The highest BCUT2D eigenvalue weighted by molar-refractivity contribution is 7.89. The maximum atomic E-state index is 13.8. The molecule has 2 saturated heterocycles. The Morgan fingerprint density at radius 3 is 1.52 bits per heavy atom. The predicted octanol–water partition coefficient (Wildman–Crippen LogP) is 5.99. The highest BCUT2D eigenvalue weighted by atomic mass is 32.2. The van der Waals surface area contributed by atoms with Gasteiger partial charge in [-0.1, -0.05) is 50.7 Å². The Morgan fingerprint density at radius 1 is 0.682 bits per heavy atom. The van der Waals surface area contributed by atoms with Crippen molar-refractivity contribution in [3.05, 3.63) is 41.3 Å². The van der Waals surface area contributed by atoms with Gasteiger partial charge < -0.3 is 5.73 Å². The Morgan fingerprint density at radius 2 is 1.11 bits per heavy atom. The number of benzene rings is 3. The quantitative estimate of drug-likeness (QED) is 0.118. The first-order valence-electron chi connectivity index (χ1n) is 15.7. The van der Waals surface area contributed by atoms with E-state index in [1.807, 2.05) is 0 Å². The zero-order valence-electron chi connectivity index (χ0n) is 25.2. The van der Waals surface area contributed by atoms with Crippen LogP contribution in [0.4, 0.5) is 11.4 Å². The SMILES string of the molecule is NCCCONc1c2ccc(S(=O)(=O)N3CCCCCCC3)cc2c(N=O)c2cc(S(=O)(=O)N3CCCCCCC3)ccc12. The highest BCUT2D eigenvalue weighted by Gasteiger charge is 2.28. The molecule has 0 aliphatic carbocycles.